The summed E-state index contributed by atoms with van der Waals surface area (Å²) < 4.78 is 13.1. The zero-order valence-corrected chi connectivity index (χ0v) is 12.2. The van der Waals surface area contributed by atoms with Crippen LogP contribution in [-0.2, 0) is 0 Å². The smallest absolute Gasteiger partial charge is 0.285 e. The van der Waals surface area contributed by atoms with E-state index in [1.807, 2.05) is 0 Å². The Kier molecular flexibility index (Phi) is 4.77. The molecular weight excluding hydrogens is 299 g/mol. The molecule has 0 spiro atoms. The second-order valence-electron chi connectivity index (χ2n) is 5.35. The molecule has 0 bridgehead atoms. The fourth-order valence-electron chi connectivity index (χ4n) is 2.68. The van der Waals surface area contributed by atoms with Crippen molar-refractivity contribution in [2.45, 2.75) is 37.6 Å². The minimum Gasteiger partial charge on any atom is -0.345 e. The van der Waals surface area contributed by atoms with E-state index in [0.717, 1.165) is 50.3 Å². The van der Waals surface area contributed by atoms with Crippen LogP contribution in [0.4, 0.5) is 10.1 Å². The summed E-state index contributed by atoms with van der Waals surface area (Å²) in [5.41, 5.74) is -1.21. The van der Waals surface area contributed by atoms with Crippen LogP contribution in [0.2, 0.25) is 0 Å². The Balaban J connectivity index is 2.25. The second kappa shape index (κ2) is 6.39. The molecule has 114 valence electrons. The molecule has 1 N–H and O–H groups in total. The number of halogens is 2. The summed E-state index contributed by atoms with van der Waals surface area (Å²) in [6.45, 7) is 0. The van der Waals surface area contributed by atoms with E-state index in [-0.39, 0.29) is 11.4 Å². The monoisotopic (exact) mass is 314 g/mol. The zero-order chi connectivity index (χ0) is 15.5. The number of hydrogen-bond acceptors (Lipinski definition) is 3. The molecule has 1 amide bonds. The van der Waals surface area contributed by atoms with Crippen LogP contribution in [0, 0.1) is 15.9 Å². The van der Waals surface area contributed by atoms with Gasteiger partial charge in [-0.05, 0) is 25.0 Å². The molecule has 2 rings (SSSR count). The quantitative estimate of drug-likeness (QED) is 0.526. The van der Waals surface area contributed by atoms with E-state index in [2.05, 4.69) is 5.32 Å². The van der Waals surface area contributed by atoms with Gasteiger partial charge in [-0.15, -0.1) is 11.6 Å². The minimum absolute atomic E-state index is 0.142. The van der Waals surface area contributed by atoms with Gasteiger partial charge in [0.2, 0.25) is 0 Å². The zero-order valence-electron chi connectivity index (χ0n) is 11.4. The predicted octanol–water partition coefficient (Wildman–Crippen LogP) is 3.41. The number of nitro benzene ring substituents is 1. The number of nitro groups is 1. The Hall–Kier alpha value is -1.69. The third kappa shape index (κ3) is 3.50. The summed E-state index contributed by atoms with van der Waals surface area (Å²) in [5.74, 6) is -1.07. The summed E-state index contributed by atoms with van der Waals surface area (Å²) in [5, 5.41) is 13.8. The normalized spacial score (nSPS) is 17.2. The number of alkyl halides is 1. The van der Waals surface area contributed by atoms with Gasteiger partial charge in [-0.3, -0.25) is 14.9 Å². The molecule has 1 aliphatic carbocycles. The lowest BCUT2D eigenvalue weighted by atomic mass is 9.83. The molecule has 0 aliphatic heterocycles. The van der Waals surface area contributed by atoms with Gasteiger partial charge in [-0.25, -0.2) is 4.39 Å². The fourth-order valence-corrected chi connectivity index (χ4v) is 3.01. The van der Waals surface area contributed by atoms with E-state index in [1.54, 1.807) is 0 Å². The Morgan fingerprint density at radius 2 is 2.05 bits per heavy atom. The van der Waals surface area contributed by atoms with Crippen molar-refractivity contribution < 1.29 is 14.1 Å². The summed E-state index contributed by atoms with van der Waals surface area (Å²) in [7, 11) is 0. The van der Waals surface area contributed by atoms with Crippen molar-refractivity contribution in [2.75, 3.05) is 5.88 Å². The summed E-state index contributed by atoms with van der Waals surface area (Å²) in [6, 6.07) is 2.92. The number of nitrogens with zero attached hydrogens (tertiary/aromatic N) is 1. The first-order valence-electron chi connectivity index (χ1n) is 6.80. The highest BCUT2D eigenvalue weighted by molar-refractivity contribution is 6.19. The highest BCUT2D eigenvalue weighted by Gasteiger charge is 2.34. The fraction of sp³-hybridized carbons (Fsp3) is 0.500. The second-order valence-corrected chi connectivity index (χ2v) is 5.61. The van der Waals surface area contributed by atoms with Gasteiger partial charge >= 0.3 is 0 Å². The molecule has 1 aromatic carbocycles. The van der Waals surface area contributed by atoms with Crippen molar-refractivity contribution in [1.82, 2.24) is 5.32 Å². The van der Waals surface area contributed by atoms with Crippen molar-refractivity contribution in [3.63, 3.8) is 0 Å². The summed E-state index contributed by atoms with van der Waals surface area (Å²) in [4.78, 5) is 22.5. The topological polar surface area (TPSA) is 72.2 Å². The maximum absolute atomic E-state index is 13.1. The van der Waals surface area contributed by atoms with Crippen molar-refractivity contribution >= 4 is 23.2 Å². The number of carbonyl (C=O) groups excluding carboxylic acids is 1. The molecule has 0 heterocycles. The standard InChI is InChI=1S/C14H16ClFN2O3/c15-9-14(6-2-1-3-7-14)17-13(19)11-5-4-10(16)8-12(11)18(20)21/h4-5,8H,1-3,6-7,9H2,(H,17,19). The SMILES string of the molecule is O=C(NC1(CCl)CCCCC1)c1ccc(F)cc1[N+](=O)[O-]. The van der Waals surface area contributed by atoms with Crippen LogP contribution in [0.1, 0.15) is 42.5 Å². The number of hydrogen-bond donors (Lipinski definition) is 1. The molecule has 0 saturated heterocycles. The van der Waals surface area contributed by atoms with Crippen LogP contribution in [0.3, 0.4) is 0 Å². The van der Waals surface area contributed by atoms with Gasteiger partial charge in [0.25, 0.3) is 11.6 Å². The first-order valence-corrected chi connectivity index (χ1v) is 7.33. The predicted molar refractivity (Wildman–Crippen MR) is 77.1 cm³/mol. The van der Waals surface area contributed by atoms with E-state index in [0.29, 0.717) is 0 Å². The lowest BCUT2D eigenvalue weighted by molar-refractivity contribution is -0.385. The highest BCUT2D eigenvalue weighted by atomic mass is 35.5. The van der Waals surface area contributed by atoms with Crippen molar-refractivity contribution in [3.8, 4) is 0 Å². The molecule has 1 aliphatic rings. The van der Waals surface area contributed by atoms with E-state index in [4.69, 9.17) is 11.6 Å². The van der Waals surface area contributed by atoms with Crippen LogP contribution >= 0.6 is 11.6 Å². The largest absolute Gasteiger partial charge is 0.345 e. The Bertz CT molecular complexity index is 559. The third-order valence-corrected chi connectivity index (χ3v) is 4.36. The van der Waals surface area contributed by atoms with Gasteiger partial charge in [0.15, 0.2) is 0 Å². The number of benzene rings is 1. The van der Waals surface area contributed by atoms with E-state index in [1.165, 1.54) is 0 Å². The average Bonchev–Trinajstić information content (AvgIpc) is 2.47. The van der Waals surface area contributed by atoms with Gasteiger partial charge in [-0.1, -0.05) is 19.3 Å². The van der Waals surface area contributed by atoms with Gasteiger partial charge < -0.3 is 5.32 Å². The molecule has 1 fully saturated rings. The highest BCUT2D eigenvalue weighted by Crippen LogP contribution is 2.30. The molecular formula is C14H16ClFN2O3. The van der Waals surface area contributed by atoms with Gasteiger partial charge in [0.1, 0.15) is 11.4 Å². The summed E-state index contributed by atoms with van der Waals surface area (Å²) >= 11 is 5.99. The molecule has 0 aromatic heterocycles. The molecule has 5 nitrogen and oxygen atoms in total. The van der Waals surface area contributed by atoms with Crippen LogP contribution < -0.4 is 5.32 Å². The lowest BCUT2D eigenvalue weighted by Gasteiger charge is -2.36. The average molecular weight is 315 g/mol. The Labute approximate surface area is 126 Å². The number of carbonyl (C=O) groups is 1. The number of amides is 1. The number of nitrogens with one attached hydrogen (secondary N) is 1. The molecule has 1 saturated carbocycles. The Morgan fingerprint density at radius 3 is 2.62 bits per heavy atom. The molecule has 0 unspecified atom stereocenters. The lowest BCUT2D eigenvalue weighted by Crippen LogP contribution is -2.51. The molecule has 7 heteroatoms. The molecule has 21 heavy (non-hydrogen) atoms. The maximum atomic E-state index is 13.1. The van der Waals surface area contributed by atoms with Crippen LogP contribution in [-0.4, -0.2) is 22.2 Å². The number of rotatable bonds is 4. The molecule has 0 radical (unpaired) electrons. The van der Waals surface area contributed by atoms with Crippen LogP contribution in [0.5, 0.6) is 0 Å². The van der Waals surface area contributed by atoms with E-state index in [9.17, 15) is 19.3 Å². The van der Waals surface area contributed by atoms with Gasteiger partial charge in [0.05, 0.1) is 16.5 Å². The van der Waals surface area contributed by atoms with Gasteiger partial charge in [0, 0.05) is 5.88 Å². The first kappa shape index (κ1) is 15.7. The maximum Gasteiger partial charge on any atom is 0.285 e. The van der Waals surface area contributed by atoms with Crippen molar-refractivity contribution in [3.05, 3.63) is 39.7 Å². The summed E-state index contributed by atoms with van der Waals surface area (Å²) in [6.07, 6.45) is 4.50. The minimum atomic E-state index is -0.758. The van der Waals surface area contributed by atoms with Crippen LogP contribution in [0.15, 0.2) is 18.2 Å². The third-order valence-electron chi connectivity index (χ3n) is 3.85. The molecule has 0 atom stereocenters. The Morgan fingerprint density at radius 1 is 1.38 bits per heavy atom. The van der Waals surface area contributed by atoms with Crippen LogP contribution in [0.25, 0.3) is 0 Å². The van der Waals surface area contributed by atoms with Crippen molar-refractivity contribution in [2.24, 2.45) is 0 Å². The van der Waals surface area contributed by atoms with E-state index >= 15 is 0 Å². The van der Waals surface area contributed by atoms with E-state index < -0.39 is 27.9 Å². The van der Waals surface area contributed by atoms with Crippen molar-refractivity contribution in [1.29, 1.82) is 0 Å². The molecule has 1 aromatic rings. The van der Waals surface area contributed by atoms with Gasteiger partial charge in [-0.2, -0.15) is 0 Å². The first-order chi connectivity index (χ1) is 9.97.